The van der Waals surface area contributed by atoms with Crippen LogP contribution in [0.15, 0.2) is 78.9 Å². The van der Waals surface area contributed by atoms with E-state index in [9.17, 15) is 4.79 Å². The molecule has 0 N–H and O–H groups in total. The Labute approximate surface area is 199 Å². The van der Waals surface area contributed by atoms with Gasteiger partial charge in [-0.2, -0.15) is 0 Å². The lowest BCUT2D eigenvalue weighted by atomic mass is 9.98. The van der Waals surface area contributed by atoms with E-state index in [1.165, 1.54) is 22.3 Å². The molecule has 174 valence electrons. The van der Waals surface area contributed by atoms with Crippen molar-refractivity contribution >= 4 is 6.09 Å². The number of nitrogens with zero attached hydrogens (tertiary/aromatic N) is 1. The Morgan fingerprint density at radius 3 is 2.29 bits per heavy atom. The first-order chi connectivity index (χ1) is 16.8. The third kappa shape index (κ3) is 3.98. The van der Waals surface area contributed by atoms with Crippen LogP contribution >= 0.6 is 0 Å². The van der Waals surface area contributed by atoms with Crippen molar-refractivity contribution in [2.45, 2.75) is 31.0 Å². The fraction of sp³-hybridized carbons (Fsp3) is 0.321. The largest absolute Gasteiger partial charge is 0.448 e. The van der Waals surface area contributed by atoms with Crippen LogP contribution in [-0.2, 0) is 25.6 Å². The lowest BCUT2D eigenvalue weighted by Gasteiger charge is -2.37. The molecule has 34 heavy (non-hydrogen) atoms. The molecule has 2 aliphatic heterocycles. The molecule has 0 aromatic heterocycles. The molecule has 0 spiro atoms. The van der Waals surface area contributed by atoms with Crippen LogP contribution in [0.5, 0.6) is 0 Å². The minimum atomic E-state index is -0.491. The van der Waals surface area contributed by atoms with E-state index in [2.05, 4.69) is 24.3 Å². The molecule has 3 aromatic rings. The minimum Gasteiger partial charge on any atom is -0.448 e. The van der Waals surface area contributed by atoms with Gasteiger partial charge in [0.15, 0.2) is 6.29 Å². The fourth-order valence-corrected chi connectivity index (χ4v) is 5.20. The van der Waals surface area contributed by atoms with Crippen LogP contribution in [-0.4, -0.2) is 55.8 Å². The van der Waals surface area contributed by atoms with Crippen LogP contribution in [0.3, 0.4) is 0 Å². The van der Waals surface area contributed by atoms with E-state index >= 15 is 0 Å². The fourth-order valence-electron chi connectivity index (χ4n) is 5.20. The van der Waals surface area contributed by atoms with Gasteiger partial charge < -0.3 is 18.9 Å². The Morgan fingerprint density at radius 1 is 0.882 bits per heavy atom. The summed E-state index contributed by atoms with van der Waals surface area (Å²) in [4.78, 5) is 15.0. The maximum atomic E-state index is 13.3. The van der Waals surface area contributed by atoms with Gasteiger partial charge in [-0.1, -0.05) is 78.9 Å². The first-order valence-electron chi connectivity index (χ1n) is 11.8. The Morgan fingerprint density at radius 2 is 1.56 bits per heavy atom. The number of morpholine rings is 1. The Balaban J connectivity index is 1.14. The van der Waals surface area contributed by atoms with Crippen LogP contribution in [0.25, 0.3) is 11.1 Å². The predicted octanol–water partition coefficient (Wildman–Crippen LogP) is 4.58. The summed E-state index contributed by atoms with van der Waals surface area (Å²) in [5, 5.41) is 0. The van der Waals surface area contributed by atoms with E-state index in [0.29, 0.717) is 26.4 Å². The monoisotopic (exact) mass is 457 g/mol. The van der Waals surface area contributed by atoms with Crippen molar-refractivity contribution in [2.24, 2.45) is 0 Å². The SMILES string of the molecule is O=C(OCC1c2ccccc2-c2ccccc21)N1C[C@H]2CO[C@H](O2)[C@@H]1COCc1ccccc1. The zero-order chi connectivity index (χ0) is 22.9. The summed E-state index contributed by atoms with van der Waals surface area (Å²) in [5.41, 5.74) is 5.90. The third-order valence-corrected chi connectivity index (χ3v) is 6.86. The molecule has 6 rings (SSSR count). The Hall–Kier alpha value is -3.19. The van der Waals surface area contributed by atoms with Crippen LogP contribution in [0.2, 0.25) is 0 Å². The minimum absolute atomic E-state index is 0.0261. The lowest BCUT2D eigenvalue weighted by molar-refractivity contribution is -0.154. The number of hydrogen-bond donors (Lipinski definition) is 0. The van der Waals surface area contributed by atoms with Crippen molar-refractivity contribution in [2.75, 3.05) is 26.4 Å². The Bertz CT molecular complexity index is 1120. The second-order valence-corrected chi connectivity index (χ2v) is 8.98. The molecule has 0 unspecified atom stereocenters. The quantitative estimate of drug-likeness (QED) is 0.543. The zero-order valence-electron chi connectivity index (χ0n) is 18.8. The van der Waals surface area contributed by atoms with E-state index in [4.69, 9.17) is 18.9 Å². The van der Waals surface area contributed by atoms with Gasteiger partial charge in [0.1, 0.15) is 18.8 Å². The van der Waals surface area contributed by atoms with E-state index in [0.717, 1.165) is 5.56 Å². The number of amides is 1. The summed E-state index contributed by atoms with van der Waals surface area (Å²) in [6.45, 7) is 1.99. The number of rotatable bonds is 6. The molecule has 6 nitrogen and oxygen atoms in total. The normalized spacial score (nSPS) is 22.9. The molecule has 0 saturated carbocycles. The topological polar surface area (TPSA) is 57.2 Å². The maximum absolute atomic E-state index is 13.3. The van der Waals surface area contributed by atoms with E-state index in [1.807, 2.05) is 54.6 Å². The van der Waals surface area contributed by atoms with Gasteiger partial charge in [0, 0.05) is 5.92 Å². The second-order valence-electron chi connectivity index (χ2n) is 8.98. The highest BCUT2D eigenvalue weighted by Gasteiger charge is 2.45. The van der Waals surface area contributed by atoms with Crippen LogP contribution in [0, 0.1) is 0 Å². The van der Waals surface area contributed by atoms with Crippen molar-refractivity contribution < 1.29 is 23.7 Å². The van der Waals surface area contributed by atoms with Crippen molar-refractivity contribution in [3.05, 3.63) is 95.6 Å². The smallest absolute Gasteiger partial charge is 0.410 e. The summed E-state index contributed by atoms with van der Waals surface area (Å²) in [5.74, 6) is 0.0261. The molecule has 2 fully saturated rings. The van der Waals surface area contributed by atoms with Crippen molar-refractivity contribution in [1.82, 2.24) is 4.90 Å². The van der Waals surface area contributed by atoms with Gasteiger partial charge in [0.05, 0.1) is 26.4 Å². The highest BCUT2D eigenvalue weighted by molar-refractivity contribution is 5.79. The standard InChI is InChI=1S/C28H27NO5/c30-28(33-17-25-23-12-6-4-10-21(23)22-11-5-7-13-24(22)25)29-14-20-16-32-27(34-20)26(29)18-31-15-19-8-2-1-3-9-19/h1-13,20,25-27H,14-18H2/t20-,26-,27+/m0/s1. The average Bonchev–Trinajstić information content (AvgIpc) is 3.43. The summed E-state index contributed by atoms with van der Waals surface area (Å²) in [7, 11) is 0. The molecule has 2 bridgehead atoms. The van der Waals surface area contributed by atoms with Gasteiger partial charge in [-0.25, -0.2) is 4.79 Å². The molecule has 3 aliphatic rings. The summed E-state index contributed by atoms with van der Waals surface area (Å²) < 4.78 is 23.6. The molecule has 1 aliphatic carbocycles. The molecule has 1 amide bonds. The van der Waals surface area contributed by atoms with E-state index in [-0.39, 0.29) is 30.8 Å². The van der Waals surface area contributed by atoms with Crippen LogP contribution < -0.4 is 0 Å². The molecule has 2 saturated heterocycles. The van der Waals surface area contributed by atoms with Crippen LogP contribution in [0.4, 0.5) is 4.79 Å². The number of fused-ring (bicyclic) bond motifs is 5. The van der Waals surface area contributed by atoms with Crippen molar-refractivity contribution in [3.8, 4) is 11.1 Å². The molecular formula is C28H27NO5. The molecule has 3 atom stereocenters. The summed E-state index contributed by atoms with van der Waals surface area (Å²) >= 11 is 0. The van der Waals surface area contributed by atoms with Gasteiger partial charge in [-0.3, -0.25) is 4.90 Å². The molecule has 0 radical (unpaired) electrons. The number of carbonyl (C=O) groups is 1. The second kappa shape index (κ2) is 9.22. The predicted molar refractivity (Wildman–Crippen MR) is 126 cm³/mol. The summed E-state index contributed by atoms with van der Waals surface area (Å²) in [6.07, 6.45) is -0.968. The number of hydrogen-bond acceptors (Lipinski definition) is 5. The zero-order valence-corrected chi connectivity index (χ0v) is 18.8. The number of ether oxygens (including phenoxy) is 4. The van der Waals surface area contributed by atoms with Gasteiger partial charge in [0.25, 0.3) is 0 Å². The van der Waals surface area contributed by atoms with Crippen molar-refractivity contribution in [1.29, 1.82) is 0 Å². The summed E-state index contributed by atoms with van der Waals surface area (Å²) in [6, 6.07) is 26.3. The number of benzene rings is 3. The third-order valence-electron chi connectivity index (χ3n) is 6.86. The van der Waals surface area contributed by atoms with Crippen LogP contribution in [0.1, 0.15) is 22.6 Å². The van der Waals surface area contributed by atoms with E-state index < -0.39 is 6.29 Å². The first kappa shape index (κ1) is 21.4. The molecule has 6 heteroatoms. The number of carbonyl (C=O) groups excluding carboxylic acids is 1. The highest BCUT2D eigenvalue weighted by atomic mass is 16.7. The van der Waals surface area contributed by atoms with E-state index in [1.54, 1.807) is 4.90 Å². The van der Waals surface area contributed by atoms with Gasteiger partial charge in [0.2, 0.25) is 0 Å². The van der Waals surface area contributed by atoms with Gasteiger partial charge >= 0.3 is 6.09 Å². The van der Waals surface area contributed by atoms with Crippen molar-refractivity contribution in [3.63, 3.8) is 0 Å². The Kier molecular flexibility index (Phi) is 5.79. The highest BCUT2D eigenvalue weighted by Crippen LogP contribution is 2.44. The molecule has 3 aromatic carbocycles. The van der Waals surface area contributed by atoms with Gasteiger partial charge in [-0.15, -0.1) is 0 Å². The molecular weight excluding hydrogens is 430 g/mol. The van der Waals surface area contributed by atoms with Gasteiger partial charge in [-0.05, 0) is 27.8 Å². The molecule has 2 heterocycles. The lowest BCUT2D eigenvalue weighted by Crippen LogP contribution is -2.56. The maximum Gasteiger partial charge on any atom is 0.410 e. The first-order valence-corrected chi connectivity index (χ1v) is 11.8. The average molecular weight is 458 g/mol.